The Balaban J connectivity index is 2.76. The lowest BCUT2D eigenvalue weighted by Gasteiger charge is -2.19. The SMILES string of the molecule is CCN(CC)Cc1ccc(C)cc1C. The highest BCUT2D eigenvalue weighted by Crippen LogP contribution is 2.12. The van der Waals surface area contributed by atoms with Crippen LogP contribution in [0.25, 0.3) is 0 Å². The summed E-state index contributed by atoms with van der Waals surface area (Å²) in [5.41, 5.74) is 4.22. The standard InChI is InChI=1S/C13H21N/c1-5-14(6-2)10-13-8-7-11(3)9-12(13)4/h7-9H,5-6,10H2,1-4H3. The van der Waals surface area contributed by atoms with Crippen molar-refractivity contribution in [3.05, 3.63) is 34.9 Å². The van der Waals surface area contributed by atoms with Crippen LogP contribution in [-0.2, 0) is 6.54 Å². The van der Waals surface area contributed by atoms with Gasteiger partial charge in [-0.05, 0) is 38.1 Å². The smallest absolute Gasteiger partial charge is 0.0236 e. The van der Waals surface area contributed by atoms with E-state index in [4.69, 9.17) is 0 Å². The molecule has 1 rings (SSSR count). The first-order chi connectivity index (χ1) is 6.67. The van der Waals surface area contributed by atoms with E-state index in [1.54, 1.807) is 0 Å². The maximum atomic E-state index is 2.44. The van der Waals surface area contributed by atoms with Crippen molar-refractivity contribution in [1.29, 1.82) is 0 Å². The summed E-state index contributed by atoms with van der Waals surface area (Å²) < 4.78 is 0. The molecule has 14 heavy (non-hydrogen) atoms. The molecule has 1 nitrogen and oxygen atoms in total. The molecule has 1 aromatic carbocycles. The summed E-state index contributed by atoms with van der Waals surface area (Å²) in [4.78, 5) is 2.44. The molecule has 0 fully saturated rings. The van der Waals surface area contributed by atoms with Crippen molar-refractivity contribution in [1.82, 2.24) is 4.90 Å². The Kier molecular flexibility index (Phi) is 4.15. The first kappa shape index (κ1) is 11.3. The molecule has 78 valence electrons. The van der Waals surface area contributed by atoms with Crippen molar-refractivity contribution in [2.75, 3.05) is 13.1 Å². The molecule has 0 atom stereocenters. The molecule has 0 aliphatic rings. The summed E-state index contributed by atoms with van der Waals surface area (Å²) in [6.45, 7) is 12.1. The van der Waals surface area contributed by atoms with Crippen LogP contribution in [0.1, 0.15) is 30.5 Å². The van der Waals surface area contributed by atoms with Crippen LogP contribution in [-0.4, -0.2) is 18.0 Å². The van der Waals surface area contributed by atoms with Gasteiger partial charge in [0.15, 0.2) is 0 Å². The van der Waals surface area contributed by atoms with Crippen LogP contribution in [0.4, 0.5) is 0 Å². The van der Waals surface area contributed by atoms with E-state index in [-0.39, 0.29) is 0 Å². The molecule has 0 heterocycles. The molecule has 0 spiro atoms. The molecular formula is C13H21N. The lowest BCUT2D eigenvalue weighted by Crippen LogP contribution is -2.22. The third-order valence-electron chi connectivity index (χ3n) is 2.79. The molecule has 0 bridgehead atoms. The van der Waals surface area contributed by atoms with Crippen LogP contribution in [0.15, 0.2) is 18.2 Å². The van der Waals surface area contributed by atoms with Gasteiger partial charge in [-0.1, -0.05) is 37.6 Å². The Morgan fingerprint density at radius 1 is 1.07 bits per heavy atom. The molecule has 0 N–H and O–H groups in total. The highest BCUT2D eigenvalue weighted by Gasteiger charge is 2.03. The molecule has 0 aromatic heterocycles. The Hall–Kier alpha value is -0.820. The predicted octanol–water partition coefficient (Wildman–Crippen LogP) is 3.15. The number of hydrogen-bond acceptors (Lipinski definition) is 1. The Labute approximate surface area is 87.7 Å². The van der Waals surface area contributed by atoms with Gasteiger partial charge in [-0.3, -0.25) is 4.90 Å². The van der Waals surface area contributed by atoms with Gasteiger partial charge < -0.3 is 0 Å². The van der Waals surface area contributed by atoms with Gasteiger partial charge in [0, 0.05) is 6.54 Å². The lowest BCUT2D eigenvalue weighted by atomic mass is 10.1. The van der Waals surface area contributed by atoms with E-state index in [0.29, 0.717) is 0 Å². The zero-order valence-corrected chi connectivity index (χ0v) is 9.80. The third-order valence-corrected chi connectivity index (χ3v) is 2.79. The normalized spacial score (nSPS) is 10.9. The zero-order chi connectivity index (χ0) is 10.6. The van der Waals surface area contributed by atoms with Crippen molar-refractivity contribution >= 4 is 0 Å². The van der Waals surface area contributed by atoms with Crippen LogP contribution < -0.4 is 0 Å². The average molecular weight is 191 g/mol. The number of rotatable bonds is 4. The third kappa shape index (κ3) is 2.85. The summed E-state index contributed by atoms with van der Waals surface area (Å²) >= 11 is 0. The van der Waals surface area contributed by atoms with Crippen molar-refractivity contribution in [2.24, 2.45) is 0 Å². The number of hydrogen-bond donors (Lipinski definition) is 0. The van der Waals surface area contributed by atoms with Crippen LogP contribution >= 0.6 is 0 Å². The molecule has 0 aliphatic carbocycles. The van der Waals surface area contributed by atoms with E-state index >= 15 is 0 Å². The first-order valence-electron chi connectivity index (χ1n) is 5.45. The van der Waals surface area contributed by atoms with Crippen molar-refractivity contribution in [3.63, 3.8) is 0 Å². The fraction of sp³-hybridized carbons (Fsp3) is 0.538. The van der Waals surface area contributed by atoms with Gasteiger partial charge in [0.1, 0.15) is 0 Å². The van der Waals surface area contributed by atoms with Crippen molar-refractivity contribution in [3.8, 4) is 0 Å². The van der Waals surface area contributed by atoms with E-state index in [2.05, 4.69) is 50.8 Å². The largest absolute Gasteiger partial charge is 0.300 e. The lowest BCUT2D eigenvalue weighted by molar-refractivity contribution is 0.295. The first-order valence-corrected chi connectivity index (χ1v) is 5.45. The van der Waals surface area contributed by atoms with Crippen molar-refractivity contribution in [2.45, 2.75) is 34.2 Å². The number of nitrogens with zero attached hydrogens (tertiary/aromatic N) is 1. The van der Waals surface area contributed by atoms with Crippen LogP contribution in [0.2, 0.25) is 0 Å². The maximum Gasteiger partial charge on any atom is 0.0236 e. The van der Waals surface area contributed by atoms with Crippen LogP contribution in [0.3, 0.4) is 0 Å². The summed E-state index contributed by atoms with van der Waals surface area (Å²) in [5, 5.41) is 0. The highest BCUT2D eigenvalue weighted by atomic mass is 15.1. The Morgan fingerprint density at radius 3 is 2.21 bits per heavy atom. The monoisotopic (exact) mass is 191 g/mol. The van der Waals surface area contributed by atoms with Gasteiger partial charge in [-0.25, -0.2) is 0 Å². The predicted molar refractivity (Wildman–Crippen MR) is 62.5 cm³/mol. The molecule has 0 aliphatic heterocycles. The summed E-state index contributed by atoms with van der Waals surface area (Å²) in [6.07, 6.45) is 0. The topological polar surface area (TPSA) is 3.24 Å². The highest BCUT2D eigenvalue weighted by molar-refractivity contribution is 5.30. The van der Waals surface area contributed by atoms with Crippen LogP contribution in [0, 0.1) is 13.8 Å². The molecule has 0 unspecified atom stereocenters. The van der Waals surface area contributed by atoms with Gasteiger partial charge >= 0.3 is 0 Å². The summed E-state index contributed by atoms with van der Waals surface area (Å²) in [7, 11) is 0. The number of benzene rings is 1. The van der Waals surface area contributed by atoms with Gasteiger partial charge in [0.05, 0.1) is 0 Å². The molecule has 1 aromatic rings. The Morgan fingerprint density at radius 2 is 1.71 bits per heavy atom. The fourth-order valence-electron chi connectivity index (χ4n) is 1.71. The average Bonchev–Trinajstić information content (AvgIpc) is 2.17. The second-order valence-electron chi connectivity index (χ2n) is 3.89. The van der Waals surface area contributed by atoms with E-state index in [9.17, 15) is 0 Å². The summed E-state index contributed by atoms with van der Waals surface area (Å²) in [6, 6.07) is 6.72. The van der Waals surface area contributed by atoms with Gasteiger partial charge in [-0.2, -0.15) is 0 Å². The van der Waals surface area contributed by atoms with E-state index in [1.807, 2.05) is 0 Å². The molecule has 0 saturated heterocycles. The quantitative estimate of drug-likeness (QED) is 0.706. The fourth-order valence-corrected chi connectivity index (χ4v) is 1.71. The molecule has 0 radical (unpaired) electrons. The molecular weight excluding hydrogens is 170 g/mol. The minimum absolute atomic E-state index is 1.08. The van der Waals surface area contributed by atoms with Gasteiger partial charge in [0.2, 0.25) is 0 Å². The maximum absolute atomic E-state index is 2.44. The Bertz CT molecular complexity index is 287. The van der Waals surface area contributed by atoms with Gasteiger partial charge in [-0.15, -0.1) is 0 Å². The number of aryl methyl sites for hydroxylation is 2. The van der Waals surface area contributed by atoms with E-state index in [0.717, 1.165) is 19.6 Å². The molecule has 0 amide bonds. The minimum Gasteiger partial charge on any atom is -0.300 e. The second kappa shape index (κ2) is 5.16. The van der Waals surface area contributed by atoms with E-state index < -0.39 is 0 Å². The second-order valence-corrected chi connectivity index (χ2v) is 3.89. The van der Waals surface area contributed by atoms with Crippen molar-refractivity contribution < 1.29 is 0 Å². The minimum atomic E-state index is 1.08. The molecule has 1 heteroatoms. The zero-order valence-electron chi connectivity index (χ0n) is 9.80. The van der Waals surface area contributed by atoms with Gasteiger partial charge in [0.25, 0.3) is 0 Å². The van der Waals surface area contributed by atoms with E-state index in [1.165, 1.54) is 16.7 Å². The van der Waals surface area contributed by atoms with Crippen LogP contribution in [0.5, 0.6) is 0 Å². The summed E-state index contributed by atoms with van der Waals surface area (Å²) in [5.74, 6) is 0. The molecule has 0 saturated carbocycles.